The second kappa shape index (κ2) is 13.5. The largest absolute Gasteiger partial charge is 0.380 e. The first kappa shape index (κ1) is 31.4. The van der Waals surface area contributed by atoms with Crippen LogP contribution in [0.3, 0.4) is 0 Å². The lowest BCUT2D eigenvalue weighted by atomic mass is 9.85. The lowest BCUT2D eigenvalue weighted by Gasteiger charge is -2.38. The summed E-state index contributed by atoms with van der Waals surface area (Å²) in [5.74, 6) is 1.22. The Morgan fingerprint density at radius 1 is 1.04 bits per heavy atom. The number of benzene rings is 2. The zero-order valence-corrected chi connectivity index (χ0v) is 27.1. The first-order valence-corrected chi connectivity index (χ1v) is 16.6. The number of rotatable bonds is 8. The SMILES string of the molecule is Cn1cc(-c2ccc(N(C(=O)NCc3ccccc3)[C@H]3CC[C@H](Nc4ncc(C#N)c(N5CCC6(COC6)C5)n4)CC3)cc2)ccc1=O. The number of hydrogen-bond donors (Lipinski definition) is 2. The molecule has 7 rings (SSSR count). The summed E-state index contributed by atoms with van der Waals surface area (Å²) in [5.41, 5.74) is 4.38. The van der Waals surface area contributed by atoms with Crippen LogP contribution in [0.5, 0.6) is 0 Å². The fraction of sp³-hybridized carbons (Fsp3) is 0.378. The Kier molecular flexibility index (Phi) is 8.82. The number of aryl methyl sites for hydroxylation is 1. The van der Waals surface area contributed by atoms with Crippen molar-refractivity contribution in [2.75, 3.05) is 41.4 Å². The second-order valence-electron chi connectivity index (χ2n) is 13.3. The summed E-state index contributed by atoms with van der Waals surface area (Å²) in [6.45, 7) is 3.68. The third kappa shape index (κ3) is 6.62. The van der Waals surface area contributed by atoms with Gasteiger partial charge in [0.25, 0.3) is 0 Å². The third-order valence-electron chi connectivity index (χ3n) is 9.91. The summed E-state index contributed by atoms with van der Waals surface area (Å²) in [6.07, 6.45) is 7.77. The van der Waals surface area contributed by atoms with Crippen molar-refractivity contribution in [2.45, 2.75) is 50.7 Å². The molecule has 4 aromatic rings. The Morgan fingerprint density at radius 2 is 1.79 bits per heavy atom. The van der Waals surface area contributed by atoms with Crippen molar-refractivity contribution in [1.82, 2.24) is 19.9 Å². The van der Waals surface area contributed by atoms with Crippen LogP contribution in [-0.4, -0.2) is 59.0 Å². The first-order chi connectivity index (χ1) is 23.4. The minimum atomic E-state index is -0.134. The molecule has 246 valence electrons. The Hall–Kier alpha value is -5.21. The highest BCUT2D eigenvalue weighted by atomic mass is 16.5. The predicted molar refractivity (Wildman–Crippen MR) is 185 cm³/mol. The molecule has 2 aliphatic heterocycles. The molecule has 3 fully saturated rings. The number of pyridine rings is 1. The van der Waals surface area contributed by atoms with Gasteiger partial charge in [-0.3, -0.25) is 9.69 Å². The molecule has 2 aromatic carbocycles. The number of carbonyl (C=O) groups is 1. The number of carbonyl (C=O) groups excluding carboxylic acids is 1. The zero-order valence-electron chi connectivity index (χ0n) is 27.1. The lowest BCUT2D eigenvalue weighted by molar-refractivity contribution is -0.0985. The van der Waals surface area contributed by atoms with Crippen molar-refractivity contribution < 1.29 is 9.53 Å². The van der Waals surface area contributed by atoms with Crippen molar-refractivity contribution >= 4 is 23.5 Å². The molecule has 0 bridgehead atoms. The van der Waals surface area contributed by atoms with Crippen LogP contribution in [0.1, 0.15) is 43.2 Å². The molecular formula is C37H40N8O3. The number of ether oxygens (including phenoxy) is 1. The number of nitrogens with zero attached hydrogens (tertiary/aromatic N) is 6. The summed E-state index contributed by atoms with van der Waals surface area (Å²) >= 11 is 0. The van der Waals surface area contributed by atoms with Gasteiger partial charge in [-0.05, 0) is 67.0 Å². The molecule has 1 aliphatic carbocycles. The number of nitrogens with one attached hydrogen (secondary N) is 2. The van der Waals surface area contributed by atoms with Crippen molar-refractivity contribution in [3.8, 4) is 17.2 Å². The van der Waals surface area contributed by atoms with Crippen molar-refractivity contribution in [2.24, 2.45) is 12.5 Å². The topological polar surface area (TPSA) is 128 Å². The Labute approximate surface area is 280 Å². The maximum Gasteiger partial charge on any atom is 0.322 e. The summed E-state index contributed by atoms with van der Waals surface area (Å²) in [7, 11) is 1.74. The minimum Gasteiger partial charge on any atom is -0.380 e. The van der Waals surface area contributed by atoms with Crippen molar-refractivity contribution in [3.63, 3.8) is 0 Å². The molecule has 48 heavy (non-hydrogen) atoms. The third-order valence-corrected chi connectivity index (χ3v) is 9.91. The molecule has 0 atom stereocenters. The summed E-state index contributed by atoms with van der Waals surface area (Å²) < 4.78 is 7.05. The highest BCUT2D eigenvalue weighted by Gasteiger charge is 2.45. The molecule has 2 amide bonds. The molecule has 2 aromatic heterocycles. The highest BCUT2D eigenvalue weighted by Crippen LogP contribution is 2.40. The molecule has 2 N–H and O–H groups in total. The quantitative estimate of drug-likeness (QED) is 0.272. The van der Waals surface area contributed by atoms with E-state index < -0.39 is 0 Å². The summed E-state index contributed by atoms with van der Waals surface area (Å²) in [5, 5.41) is 16.4. The van der Waals surface area contributed by atoms with Gasteiger partial charge >= 0.3 is 6.03 Å². The van der Waals surface area contributed by atoms with Crippen LogP contribution in [0, 0.1) is 16.7 Å². The fourth-order valence-corrected chi connectivity index (χ4v) is 7.10. The van der Waals surface area contributed by atoms with Crippen LogP contribution < -0.4 is 26.0 Å². The van der Waals surface area contributed by atoms with Crippen molar-refractivity contribution in [1.29, 1.82) is 5.26 Å². The molecule has 11 heteroatoms. The average Bonchev–Trinajstić information content (AvgIpc) is 3.57. The maximum absolute atomic E-state index is 13.8. The van der Waals surface area contributed by atoms with Crippen LogP contribution in [0.4, 0.5) is 22.2 Å². The molecule has 11 nitrogen and oxygen atoms in total. The van der Waals surface area contributed by atoms with Gasteiger partial charge in [-0.1, -0.05) is 42.5 Å². The second-order valence-corrected chi connectivity index (χ2v) is 13.3. The smallest absolute Gasteiger partial charge is 0.322 e. The molecule has 1 spiro atoms. The summed E-state index contributed by atoms with van der Waals surface area (Å²) in [4.78, 5) is 39.1. The van der Waals surface area contributed by atoms with Gasteiger partial charge in [-0.2, -0.15) is 10.2 Å². The van der Waals surface area contributed by atoms with E-state index in [1.54, 1.807) is 23.9 Å². The van der Waals surface area contributed by atoms with Crippen LogP contribution in [0.25, 0.3) is 11.1 Å². The van der Waals surface area contributed by atoms with E-state index in [0.29, 0.717) is 23.9 Å². The monoisotopic (exact) mass is 644 g/mol. The van der Waals surface area contributed by atoms with Crippen LogP contribution in [0.2, 0.25) is 0 Å². The van der Waals surface area contributed by atoms with E-state index in [1.165, 1.54) is 0 Å². The minimum absolute atomic E-state index is 0.00477. The van der Waals surface area contributed by atoms with Crippen LogP contribution in [-0.2, 0) is 18.3 Å². The lowest BCUT2D eigenvalue weighted by Crippen LogP contribution is -2.48. The highest BCUT2D eigenvalue weighted by molar-refractivity contribution is 5.93. The van der Waals surface area contributed by atoms with Gasteiger partial charge in [-0.25, -0.2) is 9.78 Å². The Balaban J connectivity index is 1.05. The van der Waals surface area contributed by atoms with E-state index in [2.05, 4.69) is 26.6 Å². The molecule has 3 aliphatic rings. The van der Waals surface area contributed by atoms with E-state index in [0.717, 1.165) is 80.8 Å². The molecule has 0 radical (unpaired) electrons. The van der Waals surface area contributed by atoms with E-state index in [9.17, 15) is 14.9 Å². The molecule has 0 unspecified atom stereocenters. The van der Waals surface area contributed by atoms with Gasteiger partial charge in [0.15, 0.2) is 5.82 Å². The Morgan fingerprint density at radius 3 is 2.46 bits per heavy atom. The summed E-state index contributed by atoms with van der Waals surface area (Å²) in [6, 6.07) is 23.5. The maximum atomic E-state index is 13.8. The van der Waals surface area contributed by atoms with E-state index in [1.807, 2.05) is 71.8 Å². The van der Waals surface area contributed by atoms with Crippen LogP contribution in [0.15, 0.2) is 83.9 Å². The normalized spacial score (nSPS) is 19.7. The number of hydrogen-bond acceptors (Lipinski definition) is 8. The van der Waals surface area contributed by atoms with E-state index in [-0.39, 0.29) is 29.1 Å². The van der Waals surface area contributed by atoms with Crippen molar-refractivity contribution in [3.05, 3.63) is 101 Å². The van der Waals surface area contributed by atoms with Gasteiger partial charge < -0.3 is 24.8 Å². The molecule has 1 saturated carbocycles. The average molecular weight is 645 g/mol. The van der Waals surface area contributed by atoms with E-state index >= 15 is 0 Å². The van der Waals surface area contributed by atoms with Gasteiger partial charge in [0.2, 0.25) is 11.5 Å². The standard InChI is InChI=1S/C37H40N8O3/c1-43-22-28(9-16-33(43)46)27-7-12-31(13-8-27)45(36(47)40-20-26-5-3-2-4-6-26)32-14-10-30(11-15-32)41-35-39-21-29(19-38)34(42-35)44-18-17-37(23-44)24-48-25-37/h2-9,12-13,16,21-22,30,32H,10-11,14-15,17-18,20,23-25H2,1H3,(H,40,47)(H,39,41,42)/t30-,32-. The fourth-order valence-electron chi connectivity index (χ4n) is 7.10. The first-order valence-electron chi connectivity index (χ1n) is 16.6. The molecule has 2 saturated heterocycles. The van der Waals surface area contributed by atoms with Gasteiger partial charge in [0.1, 0.15) is 11.6 Å². The number of aromatic nitrogens is 3. The number of amides is 2. The van der Waals surface area contributed by atoms with Gasteiger partial charge in [0.05, 0.1) is 19.4 Å². The van der Waals surface area contributed by atoms with E-state index in [4.69, 9.17) is 9.72 Å². The molecule has 4 heterocycles. The number of nitriles is 1. The van der Waals surface area contributed by atoms with Crippen LogP contribution >= 0.6 is 0 Å². The predicted octanol–water partition coefficient (Wildman–Crippen LogP) is 5.08. The van der Waals surface area contributed by atoms with Gasteiger partial charge in [0, 0.05) is 62.1 Å². The Bertz CT molecular complexity index is 1860. The number of urea groups is 1. The van der Waals surface area contributed by atoms with Gasteiger partial charge in [-0.15, -0.1) is 0 Å². The zero-order chi connectivity index (χ0) is 33.1. The number of anilines is 3. The molecular weight excluding hydrogens is 604 g/mol.